The average molecular weight is 482 g/mol. The number of ether oxygens (including phenoxy) is 1. The first-order valence-corrected chi connectivity index (χ1v) is 10.6. The Morgan fingerprint density at radius 3 is 2.52 bits per heavy atom. The van der Waals surface area contributed by atoms with Crippen LogP contribution in [0, 0.1) is 5.92 Å². The molecule has 7 heteroatoms. The molecule has 0 saturated carbocycles. The largest absolute Gasteiger partial charge is 0.482 e. The van der Waals surface area contributed by atoms with E-state index in [0.717, 1.165) is 10.0 Å². The van der Waals surface area contributed by atoms with Gasteiger partial charge in [-0.25, -0.2) is 0 Å². The zero-order valence-corrected chi connectivity index (χ0v) is 19.2. The SMILES string of the molecule is CC(C)CNC(=O)[C@@H](C)N(Cc1cccc(Br)c1)C(=O)COc1ccccc1Cl. The molecule has 2 aromatic rings. The lowest BCUT2D eigenvalue weighted by atomic mass is 10.1. The number of benzene rings is 2. The van der Waals surface area contributed by atoms with E-state index < -0.39 is 6.04 Å². The van der Waals surface area contributed by atoms with E-state index in [2.05, 4.69) is 21.2 Å². The number of halogens is 2. The highest BCUT2D eigenvalue weighted by Crippen LogP contribution is 2.23. The molecule has 0 aliphatic heterocycles. The summed E-state index contributed by atoms with van der Waals surface area (Å²) in [4.78, 5) is 27.1. The second kappa shape index (κ2) is 11.2. The van der Waals surface area contributed by atoms with E-state index in [0.29, 0.717) is 29.8 Å². The highest BCUT2D eigenvalue weighted by Gasteiger charge is 2.26. The molecule has 2 rings (SSSR count). The summed E-state index contributed by atoms with van der Waals surface area (Å²) >= 11 is 9.54. The van der Waals surface area contributed by atoms with Crippen LogP contribution in [0.15, 0.2) is 53.0 Å². The van der Waals surface area contributed by atoms with Gasteiger partial charge in [0, 0.05) is 17.6 Å². The Balaban J connectivity index is 2.14. The van der Waals surface area contributed by atoms with Crippen LogP contribution in [-0.2, 0) is 16.1 Å². The monoisotopic (exact) mass is 480 g/mol. The molecule has 0 saturated heterocycles. The number of carbonyl (C=O) groups excluding carboxylic acids is 2. The fourth-order valence-electron chi connectivity index (χ4n) is 2.65. The topological polar surface area (TPSA) is 58.6 Å². The van der Waals surface area contributed by atoms with Gasteiger partial charge in [0.1, 0.15) is 11.8 Å². The van der Waals surface area contributed by atoms with Crippen molar-refractivity contribution in [2.75, 3.05) is 13.2 Å². The van der Waals surface area contributed by atoms with Crippen molar-refractivity contribution in [3.8, 4) is 5.75 Å². The Kier molecular flexibility index (Phi) is 8.99. The van der Waals surface area contributed by atoms with Gasteiger partial charge in [0.15, 0.2) is 6.61 Å². The van der Waals surface area contributed by atoms with Gasteiger partial charge in [0.2, 0.25) is 5.91 Å². The van der Waals surface area contributed by atoms with Crippen LogP contribution in [0.1, 0.15) is 26.3 Å². The van der Waals surface area contributed by atoms with Crippen LogP contribution in [0.4, 0.5) is 0 Å². The molecule has 0 fully saturated rings. The second-order valence-corrected chi connectivity index (χ2v) is 8.51. The summed E-state index contributed by atoms with van der Waals surface area (Å²) in [6.07, 6.45) is 0. The third-order valence-corrected chi connectivity index (χ3v) is 5.09. The molecule has 0 unspecified atom stereocenters. The number of nitrogens with zero attached hydrogens (tertiary/aromatic N) is 1. The molecule has 156 valence electrons. The molecule has 2 amide bonds. The molecule has 0 bridgehead atoms. The number of hydrogen-bond donors (Lipinski definition) is 1. The molecular formula is C22H26BrClN2O3. The van der Waals surface area contributed by atoms with Crippen molar-refractivity contribution in [1.82, 2.24) is 10.2 Å². The molecule has 29 heavy (non-hydrogen) atoms. The van der Waals surface area contributed by atoms with E-state index in [1.807, 2.05) is 38.1 Å². The van der Waals surface area contributed by atoms with Gasteiger partial charge in [-0.05, 0) is 42.7 Å². The van der Waals surface area contributed by atoms with E-state index in [1.165, 1.54) is 4.90 Å². The number of rotatable bonds is 9. The zero-order valence-electron chi connectivity index (χ0n) is 16.8. The summed E-state index contributed by atoms with van der Waals surface area (Å²) in [6.45, 7) is 6.40. The van der Waals surface area contributed by atoms with Gasteiger partial charge in [-0.15, -0.1) is 0 Å². The second-order valence-electron chi connectivity index (χ2n) is 7.19. The van der Waals surface area contributed by atoms with Crippen molar-refractivity contribution < 1.29 is 14.3 Å². The summed E-state index contributed by atoms with van der Waals surface area (Å²) in [5.74, 6) is 0.266. The number of nitrogens with one attached hydrogen (secondary N) is 1. The van der Waals surface area contributed by atoms with E-state index in [1.54, 1.807) is 31.2 Å². The first-order valence-electron chi connectivity index (χ1n) is 9.47. The van der Waals surface area contributed by atoms with Crippen LogP contribution < -0.4 is 10.1 Å². The van der Waals surface area contributed by atoms with Crippen molar-refractivity contribution in [3.63, 3.8) is 0 Å². The lowest BCUT2D eigenvalue weighted by Crippen LogP contribution is -2.49. The summed E-state index contributed by atoms with van der Waals surface area (Å²) < 4.78 is 6.51. The lowest BCUT2D eigenvalue weighted by molar-refractivity contribution is -0.142. The first kappa shape index (κ1) is 23.2. The minimum Gasteiger partial charge on any atom is -0.482 e. The maximum absolute atomic E-state index is 13.0. The molecule has 0 spiro atoms. The quantitative estimate of drug-likeness (QED) is 0.566. The van der Waals surface area contributed by atoms with Crippen molar-refractivity contribution in [3.05, 3.63) is 63.6 Å². The van der Waals surface area contributed by atoms with Gasteiger partial charge in [0.05, 0.1) is 5.02 Å². The maximum Gasteiger partial charge on any atom is 0.261 e. The number of hydrogen-bond acceptors (Lipinski definition) is 3. The molecule has 1 N–H and O–H groups in total. The molecular weight excluding hydrogens is 456 g/mol. The number of para-hydroxylation sites is 1. The Bertz CT molecular complexity index is 844. The summed E-state index contributed by atoms with van der Waals surface area (Å²) in [7, 11) is 0. The van der Waals surface area contributed by atoms with Gasteiger partial charge in [0.25, 0.3) is 5.91 Å². The van der Waals surface area contributed by atoms with Gasteiger partial charge in [-0.3, -0.25) is 9.59 Å². The highest BCUT2D eigenvalue weighted by atomic mass is 79.9. The summed E-state index contributed by atoms with van der Waals surface area (Å²) in [6, 6.07) is 14.0. The Labute approximate surface area is 185 Å². The number of amides is 2. The predicted molar refractivity (Wildman–Crippen MR) is 119 cm³/mol. The van der Waals surface area contributed by atoms with Gasteiger partial charge < -0.3 is 15.0 Å². The van der Waals surface area contributed by atoms with E-state index in [4.69, 9.17) is 16.3 Å². The van der Waals surface area contributed by atoms with Crippen LogP contribution in [0.2, 0.25) is 5.02 Å². The summed E-state index contributed by atoms with van der Waals surface area (Å²) in [5, 5.41) is 3.33. The number of carbonyl (C=O) groups is 2. The predicted octanol–water partition coefficient (Wildman–Crippen LogP) is 4.67. The smallest absolute Gasteiger partial charge is 0.261 e. The molecule has 0 aliphatic rings. The Hall–Kier alpha value is -2.05. The standard InChI is InChI=1S/C22H26BrClN2O3/c1-15(2)12-25-22(28)16(3)26(13-17-7-6-8-18(23)11-17)21(27)14-29-20-10-5-4-9-19(20)24/h4-11,15-16H,12-14H2,1-3H3,(H,25,28)/t16-/m1/s1. The van der Waals surface area contributed by atoms with Crippen molar-refractivity contribution >= 4 is 39.3 Å². The molecule has 0 radical (unpaired) electrons. The van der Waals surface area contributed by atoms with Crippen molar-refractivity contribution in [1.29, 1.82) is 0 Å². The van der Waals surface area contributed by atoms with Gasteiger partial charge in [-0.1, -0.05) is 65.6 Å². The Morgan fingerprint density at radius 2 is 1.86 bits per heavy atom. The van der Waals surface area contributed by atoms with Crippen molar-refractivity contribution in [2.45, 2.75) is 33.4 Å². The summed E-state index contributed by atoms with van der Waals surface area (Å²) in [5.41, 5.74) is 0.911. The van der Waals surface area contributed by atoms with Gasteiger partial charge >= 0.3 is 0 Å². The average Bonchev–Trinajstić information content (AvgIpc) is 2.69. The first-order chi connectivity index (χ1) is 13.8. The molecule has 0 aromatic heterocycles. The minimum atomic E-state index is -0.643. The van der Waals surface area contributed by atoms with E-state index >= 15 is 0 Å². The van der Waals surface area contributed by atoms with E-state index in [-0.39, 0.29) is 18.4 Å². The van der Waals surface area contributed by atoms with Crippen LogP contribution in [0.3, 0.4) is 0 Å². The minimum absolute atomic E-state index is 0.195. The molecule has 5 nitrogen and oxygen atoms in total. The zero-order chi connectivity index (χ0) is 21.4. The van der Waals surface area contributed by atoms with Crippen molar-refractivity contribution in [2.24, 2.45) is 5.92 Å². The third kappa shape index (κ3) is 7.37. The molecule has 0 aliphatic carbocycles. The van der Waals surface area contributed by atoms with Crippen LogP contribution in [-0.4, -0.2) is 35.9 Å². The Morgan fingerprint density at radius 1 is 1.14 bits per heavy atom. The van der Waals surface area contributed by atoms with Crippen LogP contribution >= 0.6 is 27.5 Å². The van der Waals surface area contributed by atoms with Crippen LogP contribution in [0.25, 0.3) is 0 Å². The highest BCUT2D eigenvalue weighted by molar-refractivity contribution is 9.10. The molecule has 0 heterocycles. The van der Waals surface area contributed by atoms with E-state index in [9.17, 15) is 9.59 Å². The van der Waals surface area contributed by atoms with Crippen LogP contribution in [0.5, 0.6) is 5.75 Å². The van der Waals surface area contributed by atoms with Gasteiger partial charge in [-0.2, -0.15) is 0 Å². The fourth-order valence-corrected chi connectivity index (χ4v) is 3.29. The molecule has 2 aromatic carbocycles. The molecule has 1 atom stereocenters. The lowest BCUT2D eigenvalue weighted by Gasteiger charge is -2.29. The third-order valence-electron chi connectivity index (χ3n) is 4.28. The normalized spacial score (nSPS) is 11.8. The fraction of sp³-hybridized carbons (Fsp3) is 0.364. The maximum atomic E-state index is 13.0.